The molecule has 0 aliphatic rings. The number of hydrogen-bond donors (Lipinski definition) is 2. The zero-order valence-corrected chi connectivity index (χ0v) is 12.3. The highest BCUT2D eigenvalue weighted by atomic mass is 15.3. The van der Waals surface area contributed by atoms with E-state index in [1.807, 2.05) is 25.4 Å². The SMILES string of the molecule is CCCNc1cc(NCc2ccn(C)n2)nc(CC)n1. The Morgan fingerprint density at radius 2 is 1.90 bits per heavy atom. The number of rotatable bonds is 7. The van der Waals surface area contributed by atoms with Gasteiger partial charge in [0.15, 0.2) is 0 Å². The molecule has 2 rings (SSSR count). The van der Waals surface area contributed by atoms with E-state index in [0.29, 0.717) is 6.54 Å². The number of anilines is 2. The van der Waals surface area contributed by atoms with Gasteiger partial charge in [-0.1, -0.05) is 13.8 Å². The monoisotopic (exact) mass is 274 g/mol. The fourth-order valence-electron chi connectivity index (χ4n) is 1.83. The zero-order valence-electron chi connectivity index (χ0n) is 12.3. The zero-order chi connectivity index (χ0) is 14.4. The van der Waals surface area contributed by atoms with Crippen molar-refractivity contribution in [2.45, 2.75) is 33.2 Å². The molecule has 108 valence electrons. The van der Waals surface area contributed by atoms with Crippen molar-refractivity contribution in [3.05, 3.63) is 29.8 Å². The molecule has 2 aromatic rings. The average molecular weight is 274 g/mol. The molecule has 0 saturated heterocycles. The fourth-order valence-corrected chi connectivity index (χ4v) is 1.83. The summed E-state index contributed by atoms with van der Waals surface area (Å²) >= 11 is 0. The first-order valence-electron chi connectivity index (χ1n) is 7.05. The van der Waals surface area contributed by atoms with Gasteiger partial charge in [-0.3, -0.25) is 4.68 Å². The Bertz CT molecular complexity index is 548. The number of nitrogens with one attached hydrogen (secondary N) is 2. The van der Waals surface area contributed by atoms with Crippen molar-refractivity contribution < 1.29 is 0 Å². The molecule has 0 radical (unpaired) electrons. The van der Waals surface area contributed by atoms with E-state index in [4.69, 9.17) is 0 Å². The average Bonchev–Trinajstić information content (AvgIpc) is 2.88. The van der Waals surface area contributed by atoms with Crippen molar-refractivity contribution in [2.75, 3.05) is 17.2 Å². The van der Waals surface area contributed by atoms with Crippen LogP contribution < -0.4 is 10.6 Å². The van der Waals surface area contributed by atoms with Crippen LogP contribution in [0.3, 0.4) is 0 Å². The minimum atomic E-state index is 0.661. The Balaban J connectivity index is 2.05. The minimum Gasteiger partial charge on any atom is -0.370 e. The van der Waals surface area contributed by atoms with E-state index in [0.717, 1.165) is 42.5 Å². The third kappa shape index (κ3) is 3.94. The Morgan fingerprint density at radius 3 is 2.50 bits per heavy atom. The van der Waals surface area contributed by atoms with Gasteiger partial charge in [-0.25, -0.2) is 9.97 Å². The van der Waals surface area contributed by atoms with Crippen LogP contribution in [0.25, 0.3) is 0 Å². The van der Waals surface area contributed by atoms with Crippen LogP contribution in [0.2, 0.25) is 0 Å². The van der Waals surface area contributed by atoms with Crippen molar-refractivity contribution in [1.29, 1.82) is 0 Å². The predicted molar refractivity (Wildman–Crippen MR) is 80.7 cm³/mol. The van der Waals surface area contributed by atoms with E-state index in [-0.39, 0.29) is 0 Å². The highest BCUT2D eigenvalue weighted by Gasteiger charge is 2.04. The summed E-state index contributed by atoms with van der Waals surface area (Å²) in [6, 6.07) is 3.93. The van der Waals surface area contributed by atoms with E-state index in [1.54, 1.807) is 4.68 Å². The topological polar surface area (TPSA) is 67.7 Å². The molecule has 0 unspecified atom stereocenters. The van der Waals surface area contributed by atoms with Gasteiger partial charge in [-0.15, -0.1) is 0 Å². The Morgan fingerprint density at radius 1 is 1.15 bits per heavy atom. The number of aromatic nitrogens is 4. The highest BCUT2D eigenvalue weighted by Crippen LogP contribution is 2.13. The van der Waals surface area contributed by atoms with Crippen molar-refractivity contribution in [3.8, 4) is 0 Å². The molecular formula is C14H22N6. The first-order valence-corrected chi connectivity index (χ1v) is 7.05. The second kappa shape index (κ2) is 6.88. The van der Waals surface area contributed by atoms with Gasteiger partial charge in [0, 0.05) is 32.3 Å². The van der Waals surface area contributed by atoms with E-state index < -0.39 is 0 Å². The number of hydrogen-bond acceptors (Lipinski definition) is 5. The molecule has 0 amide bonds. The Labute approximate surface area is 119 Å². The molecular weight excluding hydrogens is 252 g/mol. The first kappa shape index (κ1) is 14.3. The molecule has 0 atom stereocenters. The summed E-state index contributed by atoms with van der Waals surface area (Å²) in [5, 5.41) is 10.9. The lowest BCUT2D eigenvalue weighted by Gasteiger charge is -2.09. The normalized spacial score (nSPS) is 10.6. The molecule has 0 aromatic carbocycles. The van der Waals surface area contributed by atoms with Crippen molar-refractivity contribution in [1.82, 2.24) is 19.7 Å². The molecule has 0 aliphatic heterocycles. The van der Waals surface area contributed by atoms with Gasteiger partial charge in [-0.05, 0) is 12.5 Å². The summed E-state index contributed by atoms with van der Waals surface area (Å²) in [4.78, 5) is 8.95. The molecule has 6 heteroatoms. The fraction of sp³-hybridized carbons (Fsp3) is 0.500. The van der Waals surface area contributed by atoms with Crippen LogP contribution in [-0.4, -0.2) is 26.3 Å². The van der Waals surface area contributed by atoms with Crippen molar-refractivity contribution >= 4 is 11.6 Å². The third-order valence-corrected chi connectivity index (χ3v) is 2.86. The largest absolute Gasteiger partial charge is 0.370 e. The lowest BCUT2D eigenvalue weighted by molar-refractivity contribution is 0.746. The smallest absolute Gasteiger partial charge is 0.132 e. The summed E-state index contributed by atoms with van der Waals surface area (Å²) in [5.41, 5.74) is 0.993. The van der Waals surface area contributed by atoms with Crippen LogP contribution >= 0.6 is 0 Å². The van der Waals surface area contributed by atoms with Crippen LogP contribution in [-0.2, 0) is 20.0 Å². The number of aryl methyl sites for hydroxylation is 2. The second-order valence-corrected chi connectivity index (χ2v) is 4.67. The maximum Gasteiger partial charge on any atom is 0.132 e. The molecule has 0 spiro atoms. The molecule has 2 N–H and O–H groups in total. The Hall–Kier alpha value is -2.11. The molecule has 2 aromatic heterocycles. The van der Waals surface area contributed by atoms with Gasteiger partial charge in [-0.2, -0.15) is 5.10 Å². The van der Waals surface area contributed by atoms with Gasteiger partial charge >= 0.3 is 0 Å². The molecule has 20 heavy (non-hydrogen) atoms. The first-order chi connectivity index (χ1) is 9.71. The molecule has 0 saturated carbocycles. The van der Waals surface area contributed by atoms with Crippen LogP contribution in [0, 0.1) is 0 Å². The maximum absolute atomic E-state index is 4.49. The molecule has 0 fully saturated rings. The van der Waals surface area contributed by atoms with E-state index in [1.165, 1.54) is 0 Å². The van der Waals surface area contributed by atoms with Gasteiger partial charge < -0.3 is 10.6 Å². The van der Waals surface area contributed by atoms with Crippen LogP contribution in [0.15, 0.2) is 18.3 Å². The predicted octanol–water partition coefficient (Wildman–Crippen LogP) is 2.21. The molecule has 0 bridgehead atoms. The van der Waals surface area contributed by atoms with Crippen molar-refractivity contribution in [3.63, 3.8) is 0 Å². The van der Waals surface area contributed by atoms with Gasteiger partial charge in [0.05, 0.1) is 12.2 Å². The van der Waals surface area contributed by atoms with Crippen molar-refractivity contribution in [2.24, 2.45) is 7.05 Å². The Kier molecular flexibility index (Phi) is 4.92. The van der Waals surface area contributed by atoms with Crippen LogP contribution in [0.1, 0.15) is 31.8 Å². The van der Waals surface area contributed by atoms with Crippen LogP contribution in [0.5, 0.6) is 0 Å². The lowest BCUT2D eigenvalue weighted by atomic mass is 10.4. The summed E-state index contributed by atoms with van der Waals surface area (Å²) in [7, 11) is 1.91. The summed E-state index contributed by atoms with van der Waals surface area (Å²) < 4.78 is 1.79. The second-order valence-electron chi connectivity index (χ2n) is 4.67. The van der Waals surface area contributed by atoms with Gasteiger partial charge in [0.1, 0.15) is 17.5 Å². The lowest BCUT2D eigenvalue weighted by Crippen LogP contribution is -2.09. The summed E-state index contributed by atoms with van der Waals surface area (Å²) in [5.74, 6) is 2.55. The van der Waals surface area contributed by atoms with E-state index in [9.17, 15) is 0 Å². The molecule has 0 aliphatic carbocycles. The van der Waals surface area contributed by atoms with E-state index in [2.05, 4.69) is 39.5 Å². The quantitative estimate of drug-likeness (QED) is 0.810. The van der Waals surface area contributed by atoms with E-state index >= 15 is 0 Å². The van der Waals surface area contributed by atoms with Gasteiger partial charge in [0.25, 0.3) is 0 Å². The maximum atomic E-state index is 4.49. The summed E-state index contributed by atoms with van der Waals surface area (Å²) in [6.45, 7) is 5.77. The highest BCUT2D eigenvalue weighted by molar-refractivity contribution is 5.47. The number of nitrogens with zero attached hydrogens (tertiary/aromatic N) is 4. The third-order valence-electron chi connectivity index (χ3n) is 2.86. The summed E-state index contributed by atoms with van der Waals surface area (Å²) in [6.07, 6.45) is 3.82. The van der Waals surface area contributed by atoms with Gasteiger partial charge in [0.2, 0.25) is 0 Å². The van der Waals surface area contributed by atoms with Crippen LogP contribution in [0.4, 0.5) is 11.6 Å². The minimum absolute atomic E-state index is 0.661. The molecule has 6 nitrogen and oxygen atoms in total. The standard InChI is InChI=1S/C14H22N6/c1-4-7-15-13-9-14(18-12(5-2)17-13)16-10-11-6-8-20(3)19-11/h6,8-9H,4-5,7,10H2,1-3H3,(H2,15,16,17,18). The molecule has 2 heterocycles.